The molecule has 2 rings (SSSR count). The third-order valence-corrected chi connectivity index (χ3v) is 2.31. The van der Waals surface area contributed by atoms with Gasteiger partial charge in [-0.2, -0.15) is 0 Å². The number of halogens is 1. The van der Waals surface area contributed by atoms with Gasteiger partial charge in [0, 0.05) is 5.16 Å². The molecule has 1 heterocycles. The predicted molar refractivity (Wildman–Crippen MR) is 51.3 cm³/mol. The summed E-state index contributed by atoms with van der Waals surface area (Å²) in [6, 6.07) is 0.683. The fourth-order valence-corrected chi connectivity index (χ4v) is 1.56. The SMILES string of the molecule is O=[N+]([O-])c1cc2c(no[n+]2[O-])c(Cl)c1[N+](=O)[O-]. The quantitative estimate of drug-likeness (QED) is 0.444. The van der Waals surface area contributed by atoms with Crippen molar-refractivity contribution in [1.82, 2.24) is 5.16 Å². The van der Waals surface area contributed by atoms with E-state index in [1.165, 1.54) is 0 Å². The molecule has 0 saturated carbocycles. The molecule has 17 heavy (non-hydrogen) atoms. The van der Waals surface area contributed by atoms with Crippen molar-refractivity contribution in [2.75, 3.05) is 0 Å². The van der Waals surface area contributed by atoms with E-state index in [9.17, 15) is 25.4 Å². The summed E-state index contributed by atoms with van der Waals surface area (Å²) in [5.74, 6) is 0. The van der Waals surface area contributed by atoms with E-state index in [1.807, 2.05) is 0 Å². The van der Waals surface area contributed by atoms with Crippen LogP contribution in [0.1, 0.15) is 0 Å². The van der Waals surface area contributed by atoms with Crippen molar-refractivity contribution >= 4 is 34.0 Å². The number of nitro groups is 2. The second kappa shape index (κ2) is 3.52. The van der Waals surface area contributed by atoms with Crippen LogP contribution >= 0.6 is 11.6 Å². The number of hydrogen-bond donors (Lipinski definition) is 0. The molecule has 0 bridgehead atoms. The summed E-state index contributed by atoms with van der Waals surface area (Å²) in [4.78, 5) is 19.1. The molecule has 0 aliphatic carbocycles. The summed E-state index contributed by atoms with van der Waals surface area (Å²) >= 11 is 5.58. The number of aromatic nitrogens is 2. The maximum Gasteiger partial charge on any atom is 0.369 e. The summed E-state index contributed by atoms with van der Waals surface area (Å²) in [6.07, 6.45) is 0. The van der Waals surface area contributed by atoms with Crippen LogP contribution in [0.3, 0.4) is 0 Å². The average molecular weight is 261 g/mol. The van der Waals surface area contributed by atoms with Gasteiger partial charge in [0.1, 0.15) is 0 Å². The Morgan fingerprint density at radius 3 is 2.53 bits per heavy atom. The van der Waals surface area contributed by atoms with Gasteiger partial charge in [0.25, 0.3) is 5.52 Å². The zero-order valence-corrected chi connectivity index (χ0v) is 8.45. The van der Waals surface area contributed by atoms with Crippen molar-refractivity contribution in [3.8, 4) is 0 Å². The standard InChI is InChI=1S/C6HClN4O6/c7-4-5-2(11(16)17-8-5)1-3(9(12)13)6(4)10(14)15/h1H. The van der Waals surface area contributed by atoms with Gasteiger partial charge >= 0.3 is 11.4 Å². The number of fused-ring (bicyclic) bond motifs is 1. The molecule has 1 aromatic carbocycles. The Labute approximate surface area is 95.8 Å². The van der Waals surface area contributed by atoms with Crippen LogP contribution in [0.15, 0.2) is 10.7 Å². The monoisotopic (exact) mass is 260 g/mol. The topological polar surface area (TPSA) is 139 Å². The molecule has 0 aliphatic heterocycles. The van der Waals surface area contributed by atoms with E-state index in [0.29, 0.717) is 6.07 Å². The van der Waals surface area contributed by atoms with Crippen molar-refractivity contribution in [3.05, 3.63) is 36.5 Å². The first-order valence-electron chi connectivity index (χ1n) is 3.94. The van der Waals surface area contributed by atoms with Gasteiger partial charge in [-0.3, -0.25) is 24.9 Å². The van der Waals surface area contributed by atoms with Crippen LogP contribution in [0.2, 0.25) is 5.02 Å². The van der Waals surface area contributed by atoms with Gasteiger partial charge < -0.3 is 5.21 Å². The van der Waals surface area contributed by atoms with Crippen molar-refractivity contribution in [2.24, 2.45) is 0 Å². The van der Waals surface area contributed by atoms with Crippen molar-refractivity contribution in [3.63, 3.8) is 0 Å². The fraction of sp³-hybridized carbons (Fsp3) is 0. The van der Waals surface area contributed by atoms with Gasteiger partial charge in [-0.25, -0.2) is 0 Å². The normalized spacial score (nSPS) is 10.6. The minimum absolute atomic E-state index is 0.127. The molecule has 0 amide bonds. The first-order valence-corrected chi connectivity index (χ1v) is 4.32. The molecule has 0 aliphatic rings. The second-order valence-electron chi connectivity index (χ2n) is 2.87. The van der Waals surface area contributed by atoms with E-state index in [1.54, 1.807) is 0 Å². The Balaban J connectivity index is 2.95. The van der Waals surface area contributed by atoms with Crippen LogP contribution in [0.4, 0.5) is 11.4 Å². The van der Waals surface area contributed by atoms with E-state index < -0.39 is 26.2 Å². The van der Waals surface area contributed by atoms with E-state index in [0.717, 1.165) is 0 Å². The van der Waals surface area contributed by atoms with Crippen LogP contribution in [0, 0.1) is 25.4 Å². The number of nitro benzene ring substituents is 2. The Bertz CT molecular complexity index is 651. The Morgan fingerprint density at radius 2 is 2.00 bits per heavy atom. The third kappa shape index (κ3) is 1.50. The Kier molecular flexibility index (Phi) is 2.28. The molecule has 11 heteroatoms. The molecule has 10 nitrogen and oxygen atoms in total. The number of nitrogens with zero attached hydrogens (tertiary/aromatic N) is 4. The predicted octanol–water partition coefficient (Wildman–Crippen LogP) is 0.931. The van der Waals surface area contributed by atoms with Gasteiger partial charge in [-0.05, 0) is 4.90 Å². The summed E-state index contributed by atoms with van der Waals surface area (Å²) in [5.41, 5.74) is -2.50. The minimum Gasteiger partial charge on any atom is -0.359 e. The molecule has 0 fully saturated rings. The number of rotatable bonds is 2. The molecule has 1 aromatic heterocycles. The number of hydrogen-bond acceptors (Lipinski definition) is 7. The van der Waals surface area contributed by atoms with Gasteiger partial charge in [0.15, 0.2) is 5.02 Å². The zero-order valence-electron chi connectivity index (χ0n) is 7.69. The molecule has 88 valence electrons. The van der Waals surface area contributed by atoms with Gasteiger partial charge in [0.2, 0.25) is 5.52 Å². The second-order valence-corrected chi connectivity index (χ2v) is 3.25. The van der Waals surface area contributed by atoms with Gasteiger partial charge in [0.05, 0.1) is 15.9 Å². The summed E-state index contributed by atoms with van der Waals surface area (Å²) < 4.78 is 4.15. The van der Waals surface area contributed by atoms with Crippen LogP contribution in [-0.4, -0.2) is 15.0 Å². The van der Waals surface area contributed by atoms with Crippen molar-refractivity contribution in [2.45, 2.75) is 0 Å². The smallest absolute Gasteiger partial charge is 0.359 e. The summed E-state index contributed by atoms with van der Waals surface area (Å²) in [5, 5.41) is 34.9. The highest BCUT2D eigenvalue weighted by molar-refractivity contribution is 6.37. The van der Waals surface area contributed by atoms with Crippen molar-refractivity contribution in [1.29, 1.82) is 0 Å². The first kappa shape index (κ1) is 11.0. The summed E-state index contributed by atoms with van der Waals surface area (Å²) in [6.45, 7) is 0. The fourth-order valence-electron chi connectivity index (χ4n) is 1.26. The van der Waals surface area contributed by atoms with E-state index >= 15 is 0 Å². The molecular formula is C6HClN4O6. The first-order chi connectivity index (χ1) is 7.93. The third-order valence-electron chi connectivity index (χ3n) is 1.96. The highest BCUT2D eigenvalue weighted by Gasteiger charge is 2.35. The lowest BCUT2D eigenvalue weighted by Gasteiger charge is -1.95. The lowest BCUT2D eigenvalue weighted by molar-refractivity contribution is -0.782. The van der Waals surface area contributed by atoms with E-state index in [2.05, 4.69) is 9.79 Å². The molecule has 0 N–H and O–H groups in total. The summed E-state index contributed by atoms with van der Waals surface area (Å²) in [7, 11) is 0. The van der Waals surface area contributed by atoms with Crippen LogP contribution in [0.5, 0.6) is 0 Å². The lowest BCUT2D eigenvalue weighted by atomic mass is 10.2. The molecule has 0 atom stereocenters. The van der Waals surface area contributed by atoms with E-state index in [-0.39, 0.29) is 15.9 Å². The van der Waals surface area contributed by atoms with Crippen LogP contribution in [0.25, 0.3) is 11.0 Å². The van der Waals surface area contributed by atoms with Crippen molar-refractivity contribution < 1.29 is 19.4 Å². The maximum absolute atomic E-state index is 11.0. The lowest BCUT2D eigenvalue weighted by Crippen LogP contribution is -2.22. The molecule has 0 spiro atoms. The highest BCUT2D eigenvalue weighted by Crippen LogP contribution is 2.38. The number of benzene rings is 1. The van der Waals surface area contributed by atoms with Gasteiger partial charge in [-0.15, -0.1) is 0 Å². The van der Waals surface area contributed by atoms with Crippen LogP contribution in [-0.2, 0) is 0 Å². The zero-order chi connectivity index (χ0) is 12.7. The molecule has 0 radical (unpaired) electrons. The average Bonchev–Trinajstić information content (AvgIpc) is 2.60. The molecule has 0 unspecified atom stereocenters. The minimum atomic E-state index is -1.02. The molecular weight excluding hydrogens is 260 g/mol. The van der Waals surface area contributed by atoms with Gasteiger partial charge in [-0.1, -0.05) is 11.6 Å². The maximum atomic E-state index is 11.0. The van der Waals surface area contributed by atoms with Crippen LogP contribution < -0.4 is 4.90 Å². The molecule has 0 saturated heterocycles. The highest BCUT2D eigenvalue weighted by atomic mass is 35.5. The Hall–Kier alpha value is -2.49. The largest absolute Gasteiger partial charge is 0.369 e. The molecule has 2 aromatic rings. The van der Waals surface area contributed by atoms with E-state index in [4.69, 9.17) is 11.6 Å². The Morgan fingerprint density at radius 1 is 1.35 bits per heavy atom.